The molecule has 0 saturated heterocycles. The number of rotatable bonds is 9. The van der Waals surface area contributed by atoms with Gasteiger partial charge in [0.25, 0.3) is 0 Å². The highest BCUT2D eigenvalue weighted by atomic mass is 16.6. The van der Waals surface area contributed by atoms with E-state index >= 15 is 0 Å². The summed E-state index contributed by atoms with van der Waals surface area (Å²) in [6.45, 7) is -1.44. The van der Waals surface area contributed by atoms with E-state index in [0.29, 0.717) is 0 Å². The number of methoxy groups -OCH3 is 3. The van der Waals surface area contributed by atoms with Gasteiger partial charge >= 0.3 is 35.9 Å². The highest BCUT2D eigenvalue weighted by Crippen LogP contribution is 2.14. The average Bonchev–Trinajstić information content (AvgIpc) is 2.61. The lowest BCUT2D eigenvalue weighted by molar-refractivity contribution is -0.143. The highest BCUT2D eigenvalue weighted by Gasteiger charge is 2.14. The fourth-order valence-corrected chi connectivity index (χ4v) is 1.06. The molecule has 0 aliphatic carbocycles. The van der Waals surface area contributed by atoms with E-state index in [-0.39, 0.29) is 18.0 Å². The summed E-state index contributed by atoms with van der Waals surface area (Å²) in [7, 11) is 3.53. The van der Waals surface area contributed by atoms with E-state index in [1.807, 2.05) is 0 Å². The van der Waals surface area contributed by atoms with Gasteiger partial charge in [-0.2, -0.15) is 0 Å². The van der Waals surface area contributed by atoms with Gasteiger partial charge in [0.2, 0.25) is 0 Å². The topological polar surface area (TPSA) is 145 Å². The minimum Gasteiger partial charge on any atom is -0.466 e. The van der Waals surface area contributed by atoms with E-state index in [1.54, 1.807) is 0 Å². The Morgan fingerprint density at radius 3 is 1.08 bits per heavy atom. The molecular formula is C12H15N3O9. The Morgan fingerprint density at radius 1 is 0.625 bits per heavy atom. The molecule has 0 saturated carbocycles. The van der Waals surface area contributed by atoms with Crippen molar-refractivity contribution < 1.29 is 42.8 Å². The number of hydrogen-bond donors (Lipinski definition) is 0. The van der Waals surface area contributed by atoms with Crippen molar-refractivity contribution in [2.75, 3.05) is 41.2 Å². The molecule has 0 N–H and O–H groups in total. The zero-order valence-corrected chi connectivity index (χ0v) is 13.1. The first-order chi connectivity index (χ1) is 11.5. The molecule has 0 unspecified atom stereocenters. The zero-order chi connectivity index (χ0) is 17.9. The Labute approximate surface area is 136 Å². The van der Waals surface area contributed by atoms with Crippen LogP contribution in [0.5, 0.6) is 18.0 Å². The van der Waals surface area contributed by atoms with Crippen LogP contribution in [0.15, 0.2) is 0 Å². The molecule has 1 rings (SSSR count). The average molecular weight is 345 g/mol. The SMILES string of the molecule is COC(=O)COc1nc(OCC(=O)OC)nc(OCC(=O)OC)n1. The van der Waals surface area contributed by atoms with Gasteiger partial charge in [-0.3, -0.25) is 0 Å². The quantitative estimate of drug-likeness (QED) is 0.380. The molecule has 1 heterocycles. The monoisotopic (exact) mass is 345 g/mol. The van der Waals surface area contributed by atoms with Crippen LogP contribution in [0.2, 0.25) is 0 Å². The summed E-state index contributed by atoms with van der Waals surface area (Å²) < 4.78 is 28.1. The standard InChI is InChI=1S/C12H15N3O9/c1-19-7(16)4-22-10-13-11(23-5-8(17)20-2)15-12(14-10)24-6-9(18)21-3/h4-6H2,1-3H3. The lowest BCUT2D eigenvalue weighted by atomic mass is 10.7. The number of hydrogen-bond acceptors (Lipinski definition) is 12. The van der Waals surface area contributed by atoms with Gasteiger partial charge in [-0.15, -0.1) is 15.0 Å². The fraction of sp³-hybridized carbons (Fsp3) is 0.500. The normalized spacial score (nSPS) is 9.62. The number of nitrogens with zero attached hydrogens (tertiary/aromatic N) is 3. The molecule has 0 bridgehead atoms. The van der Waals surface area contributed by atoms with E-state index in [1.165, 1.54) is 21.3 Å². The van der Waals surface area contributed by atoms with Crippen molar-refractivity contribution in [3.05, 3.63) is 0 Å². The molecule has 0 radical (unpaired) electrons. The molecule has 1 aromatic rings. The van der Waals surface area contributed by atoms with Gasteiger partial charge < -0.3 is 28.4 Å². The third-order valence-corrected chi connectivity index (χ3v) is 2.21. The minimum atomic E-state index is -0.676. The molecule has 0 aliphatic rings. The van der Waals surface area contributed by atoms with Gasteiger partial charge in [-0.1, -0.05) is 0 Å². The number of ether oxygens (including phenoxy) is 6. The molecule has 0 atom stereocenters. The number of carbonyl (C=O) groups excluding carboxylic acids is 3. The summed E-state index contributed by atoms with van der Waals surface area (Å²) >= 11 is 0. The van der Waals surface area contributed by atoms with Crippen molar-refractivity contribution in [1.29, 1.82) is 0 Å². The first kappa shape index (κ1) is 18.9. The van der Waals surface area contributed by atoms with Crippen molar-refractivity contribution >= 4 is 17.9 Å². The summed E-state index contributed by atoms with van der Waals surface area (Å²) in [5, 5.41) is 0. The Hall–Kier alpha value is -3.18. The highest BCUT2D eigenvalue weighted by molar-refractivity contribution is 5.71. The van der Waals surface area contributed by atoms with E-state index in [0.717, 1.165) is 0 Å². The largest absolute Gasteiger partial charge is 0.466 e. The van der Waals surface area contributed by atoms with E-state index < -0.39 is 37.7 Å². The van der Waals surface area contributed by atoms with Crippen LogP contribution in [0.1, 0.15) is 0 Å². The van der Waals surface area contributed by atoms with Crippen LogP contribution in [0, 0.1) is 0 Å². The molecule has 0 aromatic carbocycles. The molecular weight excluding hydrogens is 330 g/mol. The Morgan fingerprint density at radius 2 is 0.875 bits per heavy atom. The minimum absolute atomic E-state index is 0.338. The van der Waals surface area contributed by atoms with Crippen LogP contribution < -0.4 is 14.2 Å². The second-order valence-electron chi connectivity index (χ2n) is 3.78. The van der Waals surface area contributed by atoms with Gasteiger partial charge in [0, 0.05) is 0 Å². The van der Waals surface area contributed by atoms with Crippen LogP contribution in [-0.4, -0.2) is 74.0 Å². The van der Waals surface area contributed by atoms with Gasteiger partial charge in [0.15, 0.2) is 19.8 Å². The first-order valence-electron chi connectivity index (χ1n) is 6.33. The maximum atomic E-state index is 11.1. The van der Waals surface area contributed by atoms with Crippen LogP contribution in [0.3, 0.4) is 0 Å². The summed E-state index contributed by atoms with van der Waals surface area (Å²) in [4.78, 5) is 44.3. The summed E-state index contributed by atoms with van der Waals surface area (Å²) in [6, 6.07) is -1.01. The molecule has 0 fully saturated rings. The van der Waals surface area contributed by atoms with Gasteiger partial charge in [0.1, 0.15) is 0 Å². The van der Waals surface area contributed by atoms with Crippen molar-refractivity contribution in [2.45, 2.75) is 0 Å². The summed E-state index contributed by atoms with van der Waals surface area (Å²) in [6.07, 6.45) is 0. The third-order valence-electron chi connectivity index (χ3n) is 2.21. The predicted molar refractivity (Wildman–Crippen MR) is 72.4 cm³/mol. The number of carbonyl (C=O) groups is 3. The van der Waals surface area contributed by atoms with Crippen molar-refractivity contribution in [2.24, 2.45) is 0 Å². The molecule has 1 aromatic heterocycles. The second kappa shape index (κ2) is 9.76. The van der Waals surface area contributed by atoms with Crippen molar-refractivity contribution in [1.82, 2.24) is 15.0 Å². The van der Waals surface area contributed by atoms with Crippen molar-refractivity contribution in [3.8, 4) is 18.0 Å². The van der Waals surface area contributed by atoms with Crippen LogP contribution >= 0.6 is 0 Å². The number of aromatic nitrogens is 3. The second-order valence-corrected chi connectivity index (χ2v) is 3.78. The maximum absolute atomic E-state index is 11.1. The Bertz CT molecular complexity index is 500. The van der Waals surface area contributed by atoms with Crippen LogP contribution in [0.25, 0.3) is 0 Å². The smallest absolute Gasteiger partial charge is 0.344 e. The predicted octanol–water partition coefficient (Wildman–Crippen LogP) is -1.47. The van der Waals surface area contributed by atoms with Crippen molar-refractivity contribution in [3.63, 3.8) is 0 Å². The lowest BCUT2D eigenvalue weighted by Crippen LogP contribution is -2.18. The van der Waals surface area contributed by atoms with Crippen LogP contribution in [0.4, 0.5) is 0 Å². The number of esters is 3. The molecule has 0 amide bonds. The lowest BCUT2D eigenvalue weighted by Gasteiger charge is -2.08. The van der Waals surface area contributed by atoms with E-state index in [9.17, 15) is 14.4 Å². The third kappa shape index (κ3) is 6.72. The van der Waals surface area contributed by atoms with Gasteiger partial charge in [-0.25, -0.2) is 14.4 Å². The molecule has 0 aliphatic heterocycles. The molecule has 0 spiro atoms. The fourth-order valence-electron chi connectivity index (χ4n) is 1.06. The molecule has 24 heavy (non-hydrogen) atoms. The Kier molecular flexibility index (Phi) is 7.67. The van der Waals surface area contributed by atoms with Gasteiger partial charge in [-0.05, 0) is 0 Å². The Balaban J connectivity index is 2.84. The zero-order valence-electron chi connectivity index (χ0n) is 13.1. The summed E-state index contributed by atoms with van der Waals surface area (Å²) in [5.74, 6) is -2.03. The molecule has 12 heteroatoms. The molecule has 132 valence electrons. The van der Waals surface area contributed by atoms with Gasteiger partial charge in [0.05, 0.1) is 21.3 Å². The summed E-state index contributed by atoms with van der Waals surface area (Å²) in [5.41, 5.74) is 0. The molecule has 12 nitrogen and oxygen atoms in total. The van der Waals surface area contributed by atoms with E-state index in [2.05, 4.69) is 29.2 Å². The maximum Gasteiger partial charge on any atom is 0.344 e. The van der Waals surface area contributed by atoms with Crippen LogP contribution in [-0.2, 0) is 28.6 Å². The first-order valence-corrected chi connectivity index (χ1v) is 6.33. The van der Waals surface area contributed by atoms with E-state index in [4.69, 9.17) is 14.2 Å².